The summed E-state index contributed by atoms with van der Waals surface area (Å²) in [7, 11) is 0. The molecule has 0 fully saturated rings. The fourth-order valence-electron chi connectivity index (χ4n) is 1.11. The number of carbonyl (C=O) groups is 1. The quantitative estimate of drug-likeness (QED) is 0.791. The second-order valence-electron chi connectivity index (χ2n) is 3.23. The summed E-state index contributed by atoms with van der Waals surface area (Å²) in [5, 5.41) is 6.30. The first-order chi connectivity index (χ1) is 8.17. The number of amides is 1. The maximum absolute atomic E-state index is 11.7. The fraction of sp³-hybridized carbons (Fsp3) is 0.0769. The van der Waals surface area contributed by atoms with Crippen LogP contribution < -0.4 is 5.32 Å². The summed E-state index contributed by atoms with van der Waals surface area (Å²) in [6.07, 6.45) is 8.29. The van der Waals surface area contributed by atoms with Crippen molar-refractivity contribution in [2.75, 3.05) is 0 Å². The summed E-state index contributed by atoms with van der Waals surface area (Å²) < 4.78 is 4.82. The molecule has 0 unspecified atom stereocenters. The van der Waals surface area contributed by atoms with Crippen molar-refractivity contribution in [1.29, 1.82) is 0 Å². The highest BCUT2D eigenvalue weighted by Gasteiger charge is 2.10. The summed E-state index contributed by atoms with van der Waals surface area (Å²) in [6.45, 7) is 8.85. The summed E-state index contributed by atoms with van der Waals surface area (Å²) in [4.78, 5) is 11.7. The molecule has 1 N–H and O–H groups in total. The van der Waals surface area contributed by atoms with Crippen molar-refractivity contribution in [2.45, 2.75) is 6.92 Å². The smallest absolute Gasteiger partial charge is 0.277 e. The van der Waals surface area contributed by atoms with E-state index in [9.17, 15) is 4.79 Å². The predicted molar refractivity (Wildman–Crippen MR) is 66.3 cm³/mol. The number of carbonyl (C=O) groups excluding carboxylic acids is 1. The van der Waals surface area contributed by atoms with Gasteiger partial charge in [0.2, 0.25) is 0 Å². The zero-order valence-electron chi connectivity index (χ0n) is 9.64. The number of aromatic nitrogens is 1. The molecule has 0 spiro atoms. The Kier molecular flexibility index (Phi) is 4.69. The molecule has 0 bridgehead atoms. The van der Waals surface area contributed by atoms with Crippen molar-refractivity contribution in [3.05, 3.63) is 66.8 Å². The minimum Gasteiger partial charge on any atom is -0.361 e. The normalized spacial score (nSPS) is 11.5. The highest BCUT2D eigenvalue weighted by atomic mass is 16.5. The van der Waals surface area contributed by atoms with Crippen molar-refractivity contribution in [1.82, 2.24) is 10.5 Å². The van der Waals surface area contributed by atoms with Crippen LogP contribution in [0.2, 0.25) is 0 Å². The number of hydrogen-bond acceptors (Lipinski definition) is 3. The van der Waals surface area contributed by atoms with Gasteiger partial charge in [0.15, 0.2) is 5.69 Å². The average molecular weight is 230 g/mol. The topological polar surface area (TPSA) is 55.1 Å². The van der Waals surface area contributed by atoms with E-state index in [4.69, 9.17) is 4.52 Å². The van der Waals surface area contributed by atoms with E-state index in [1.807, 2.05) is 0 Å². The molecule has 0 aromatic carbocycles. The van der Waals surface area contributed by atoms with Crippen LogP contribution >= 0.6 is 0 Å². The van der Waals surface area contributed by atoms with Gasteiger partial charge in [-0.25, -0.2) is 0 Å². The molecule has 0 radical (unpaired) electrons. The Hall–Kier alpha value is -2.36. The molecule has 4 nitrogen and oxygen atoms in total. The molecule has 1 aromatic rings. The van der Waals surface area contributed by atoms with Gasteiger partial charge in [-0.3, -0.25) is 4.79 Å². The molecule has 0 saturated heterocycles. The lowest BCUT2D eigenvalue weighted by Crippen LogP contribution is -2.22. The number of nitrogens with one attached hydrogen (secondary N) is 1. The van der Waals surface area contributed by atoms with Crippen molar-refractivity contribution in [3.63, 3.8) is 0 Å². The molecule has 1 aromatic heterocycles. The van der Waals surface area contributed by atoms with E-state index < -0.39 is 0 Å². The third-order valence-electron chi connectivity index (χ3n) is 1.83. The molecule has 1 rings (SSSR count). The van der Waals surface area contributed by atoms with E-state index in [-0.39, 0.29) is 11.6 Å². The summed E-state index contributed by atoms with van der Waals surface area (Å²) in [6, 6.07) is 1.57. The van der Waals surface area contributed by atoms with Gasteiger partial charge in [-0.05, 0) is 19.1 Å². The Morgan fingerprint density at radius 2 is 2.24 bits per heavy atom. The summed E-state index contributed by atoms with van der Waals surface area (Å²) in [5.74, 6) is 0.259. The Balaban J connectivity index is 2.77. The molecular weight excluding hydrogens is 216 g/mol. The first-order valence-corrected chi connectivity index (χ1v) is 5.04. The van der Waals surface area contributed by atoms with E-state index in [1.54, 1.807) is 43.4 Å². The van der Waals surface area contributed by atoms with E-state index in [0.717, 1.165) is 0 Å². The standard InChI is InChI=1S/C13H14N2O2/c1-4-6-8-11(7-5-2)14-13(16)12-9-10(3)17-15-12/h4-9H,1-2H2,3H3,(H,14,16)/b8-6-,11-7+. The van der Waals surface area contributed by atoms with E-state index in [0.29, 0.717) is 11.5 Å². The first kappa shape index (κ1) is 12.7. The Labute approximate surface area is 100.0 Å². The third-order valence-corrected chi connectivity index (χ3v) is 1.83. The van der Waals surface area contributed by atoms with Crippen LogP contribution in [-0.2, 0) is 0 Å². The van der Waals surface area contributed by atoms with Gasteiger partial charge in [0, 0.05) is 11.8 Å². The first-order valence-electron chi connectivity index (χ1n) is 5.04. The van der Waals surface area contributed by atoms with Crippen LogP contribution in [0.3, 0.4) is 0 Å². The second-order valence-corrected chi connectivity index (χ2v) is 3.23. The lowest BCUT2D eigenvalue weighted by Gasteiger charge is -2.02. The molecule has 1 heterocycles. The largest absolute Gasteiger partial charge is 0.361 e. The average Bonchev–Trinajstić information content (AvgIpc) is 2.73. The molecule has 0 atom stereocenters. The van der Waals surface area contributed by atoms with Crippen LogP contribution in [0.4, 0.5) is 0 Å². The fourth-order valence-corrected chi connectivity index (χ4v) is 1.11. The molecule has 4 heteroatoms. The van der Waals surface area contributed by atoms with Crippen molar-refractivity contribution in [2.24, 2.45) is 0 Å². The van der Waals surface area contributed by atoms with Gasteiger partial charge in [-0.1, -0.05) is 36.5 Å². The maximum Gasteiger partial charge on any atom is 0.277 e. The number of nitrogens with zero attached hydrogens (tertiary/aromatic N) is 1. The zero-order valence-corrected chi connectivity index (χ0v) is 9.64. The maximum atomic E-state index is 11.7. The van der Waals surface area contributed by atoms with E-state index >= 15 is 0 Å². The van der Waals surface area contributed by atoms with Gasteiger partial charge in [-0.15, -0.1) is 0 Å². The van der Waals surface area contributed by atoms with Crippen LogP contribution in [-0.4, -0.2) is 11.1 Å². The molecule has 0 saturated carbocycles. The number of rotatable bonds is 5. The third kappa shape index (κ3) is 3.95. The molecular formula is C13H14N2O2. The lowest BCUT2D eigenvalue weighted by atomic mass is 10.3. The van der Waals surface area contributed by atoms with Gasteiger partial charge in [0.1, 0.15) is 5.76 Å². The summed E-state index contributed by atoms with van der Waals surface area (Å²) >= 11 is 0. The van der Waals surface area contributed by atoms with E-state index in [2.05, 4.69) is 23.6 Å². The monoisotopic (exact) mass is 230 g/mol. The van der Waals surface area contributed by atoms with Gasteiger partial charge in [0.25, 0.3) is 5.91 Å². The number of hydrogen-bond donors (Lipinski definition) is 1. The Morgan fingerprint density at radius 3 is 2.76 bits per heavy atom. The van der Waals surface area contributed by atoms with Gasteiger partial charge >= 0.3 is 0 Å². The Bertz CT molecular complexity index is 481. The molecule has 0 aliphatic rings. The zero-order chi connectivity index (χ0) is 12.7. The van der Waals surface area contributed by atoms with Crippen molar-refractivity contribution < 1.29 is 9.32 Å². The summed E-state index contributed by atoms with van der Waals surface area (Å²) in [5.41, 5.74) is 0.843. The van der Waals surface area contributed by atoms with Gasteiger partial charge in [-0.2, -0.15) is 0 Å². The molecule has 17 heavy (non-hydrogen) atoms. The van der Waals surface area contributed by atoms with Crippen LogP contribution in [0.1, 0.15) is 16.2 Å². The van der Waals surface area contributed by atoms with Crippen molar-refractivity contribution in [3.8, 4) is 0 Å². The van der Waals surface area contributed by atoms with Crippen LogP contribution in [0.15, 0.2) is 59.8 Å². The SMILES string of the molecule is C=C/C=C\C(=C/C=C)NC(=O)c1cc(C)on1. The number of allylic oxidation sites excluding steroid dienone is 5. The predicted octanol–water partition coefficient (Wildman–Crippen LogP) is 2.52. The van der Waals surface area contributed by atoms with Crippen molar-refractivity contribution >= 4 is 5.91 Å². The van der Waals surface area contributed by atoms with Crippen LogP contribution in [0.25, 0.3) is 0 Å². The molecule has 0 aliphatic heterocycles. The van der Waals surface area contributed by atoms with Gasteiger partial charge in [0.05, 0.1) is 0 Å². The van der Waals surface area contributed by atoms with Crippen LogP contribution in [0.5, 0.6) is 0 Å². The minimum atomic E-state index is -0.330. The van der Waals surface area contributed by atoms with Gasteiger partial charge < -0.3 is 9.84 Å². The Morgan fingerprint density at radius 1 is 1.47 bits per heavy atom. The highest BCUT2D eigenvalue weighted by Crippen LogP contribution is 2.03. The number of aryl methyl sites for hydroxylation is 1. The second kappa shape index (κ2) is 6.27. The molecule has 1 amide bonds. The molecule has 0 aliphatic carbocycles. The molecule has 88 valence electrons. The van der Waals surface area contributed by atoms with Crippen LogP contribution in [0, 0.1) is 6.92 Å². The minimum absolute atomic E-state index is 0.240. The highest BCUT2D eigenvalue weighted by molar-refractivity contribution is 5.93. The van der Waals surface area contributed by atoms with E-state index in [1.165, 1.54) is 0 Å². The lowest BCUT2D eigenvalue weighted by molar-refractivity contribution is 0.0958.